The van der Waals surface area contributed by atoms with Gasteiger partial charge < -0.3 is 21.2 Å². The molecule has 0 bridgehead atoms. The predicted molar refractivity (Wildman–Crippen MR) is 60.6 cm³/mol. The van der Waals surface area contributed by atoms with E-state index in [1.165, 1.54) is 10.9 Å². The second-order valence-electron chi connectivity index (χ2n) is 3.21. The number of nitrogens with two attached hydrogens (primary N) is 1. The second-order valence-corrected chi connectivity index (χ2v) is 3.62. The fourth-order valence-electron chi connectivity index (χ4n) is 1.14. The molecule has 1 heterocycles. The fourth-order valence-corrected chi connectivity index (χ4v) is 1.36. The van der Waals surface area contributed by atoms with Crippen LogP contribution in [0.3, 0.4) is 0 Å². The van der Waals surface area contributed by atoms with Crippen LogP contribution in [0.2, 0.25) is 5.02 Å². The molecular formula is C8H12ClN5O3. The van der Waals surface area contributed by atoms with Crippen LogP contribution in [0.25, 0.3) is 0 Å². The summed E-state index contributed by atoms with van der Waals surface area (Å²) in [5, 5.41) is 16.6. The number of carbonyl (C=O) groups is 1. The van der Waals surface area contributed by atoms with Crippen molar-refractivity contribution in [2.45, 2.75) is 13.0 Å². The average molecular weight is 262 g/mol. The molecule has 0 saturated heterocycles. The minimum Gasteiger partial charge on any atom is -0.358 e. The molecule has 0 spiro atoms. The van der Waals surface area contributed by atoms with E-state index < -0.39 is 10.7 Å². The highest BCUT2D eigenvalue weighted by molar-refractivity contribution is 6.32. The topological polar surface area (TPSA) is 116 Å². The van der Waals surface area contributed by atoms with Crippen LogP contribution in [-0.2, 0) is 11.3 Å². The number of halogens is 1. The van der Waals surface area contributed by atoms with E-state index in [1.54, 1.807) is 0 Å². The smallest absolute Gasteiger partial charge is 0.358 e. The Morgan fingerprint density at radius 3 is 2.94 bits per heavy atom. The molecule has 8 nitrogen and oxygen atoms in total. The maximum Gasteiger partial charge on any atom is 0.408 e. The number of nitrogens with zero attached hydrogens (tertiary/aromatic N) is 3. The van der Waals surface area contributed by atoms with Crippen LogP contribution in [0, 0.1) is 10.1 Å². The SMILES string of the molecule is NCCNC(=O)CCn1cc(Cl)c([N+](=O)[O-])n1. The lowest BCUT2D eigenvalue weighted by Gasteiger charge is -2.01. The summed E-state index contributed by atoms with van der Waals surface area (Å²) in [6.07, 6.45) is 1.48. The number of hydrogen-bond donors (Lipinski definition) is 2. The van der Waals surface area contributed by atoms with Gasteiger partial charge in [-0.1, -0.05) is 11.6 Å². The molecule has 1 rings (SSSR count). The second kappa shape index (κ2) is 6.16. The quantitative estimate of drug-likeness (QED) is 0.548. The summed E-state index contributed by atoms with van der Waals surface area (Å²) in [6, 6.07) is 0. The van der Waals surface area contributed by atoms with Gasteiger partial charge >= 0.3 is 5.82 Å². The first kappa shape index (κ1) is 13.4. The molecule has 0 unspecified atom stereocenters. The van der Waals surface area contributed by atoms with Crippen LogP contribution in [0.15, 0.2) is 6.20 Å². The Hall–Kier alpha value is -1.67. The molecule has 1 amide bonds. The first-order valence-electron chi connectivity index (χ1n) is 4.88. The molecule has 0 radical (unpaired) electrons. The number of aryl methyl sites for hydroxylation is 1. The molecule has 9 heteroatoms. The van der Waals surface area contributed by atoms with E-state index in [2.05, 4.69) is 10.4 Å². The number of rotatable bonds is 6. The van der Waals surface area contributed by atoms with E-state index in [0.717, 1.165) is 0 Å². The van der Waals surface area contributed by atoms with Gasteiger partial charge in [0.25, 0.3) is 0 Å². The third-order valence-electron chi connectivity index (χ3n) is 1.91. The standard InChI is InChI=1S/C8H12ClN5O3/c9-6-5-13(12-8(6)14(16)17)4-1-7(15)11-3-2-10/h5H,1-4,10H2,(H,11,15). The number of nitrogens with one attached hydrogen (secondary N) is 1. The van der Waals surface area contributed by atoms with Crippen LogP contribution in [-0.4, -0.2) is 33.7 Å². The average Bonchev–Trinajstić information content (AvgIpc) is 2.65. The molecule has 1 aromatic rings. The van der Waals surface area contributed by atoms with Gasteiger partial charge in [-0.2, -0.15) is 4.68 Å². The molecule has 0 aliphatic carbocycles. The Morgan fingerprint density at radius 2 is 2.41 bits per heavy atom. The largest absolute Gasteiger partial charge is 0.408 e. The van der Waals surface area contributed by atoms with E-state index >= 15 is 0 Å². The highest BCUT2D eigenvalue weighted by Crippen LogP contribution is 2.21. The van der Waals surface area contributed by atoms with Crippen molar-refractivity contribution in [2.75, 3.05) is 13.1 Å². The van der Waals surface area contributed by atoms with Crippen molar-refractivity contribution in [3.8, 4) is 0 Å². The Labute approximate surface area is 102 Å². The molecule has 0 atom stereocenters. The van der Waals surface area contributed by atoms with Gasteiger partial charge in [0.1, 0.15) is 0 Å². The lowest BCUT2D eigenvalue weighted by atomic mass is 10.4. The maximum absolute atomic E-state index is 11.2. The van der Waals surface area contributed by atoms with E-state index in [-0.39, 0.29) is 23.9 Å². The molecule has 1 aromatic heterocycles. The molecule has 94 valence electrons. The Morgan fingerprint density at radius 1 is 1.71 bits per heavy atom. The van der Waals surface area contributed by atoms with Crippen molar-refractivity contribution in [1.82, 2.24) is 15.1 Å². The van der Waals surface area contributed by atoms with Gasteiger partial charge in [0.2, 0.25) is 5.91 Å². The van der Waals surface area contributed by atoms with Crippen molar-refractivity contribution in [3.05, 3.63) is 21.3 Å². The summed E-state index contributed by atoms with van der Waals surface area (Å²) in [7, 11) is 0. The van der Waals surface area contributed by atoms with Crippen molar-refractivity contribution in [2.24, 2.45) is 5.73 Å². The number of amides is 1. The summed E-state index contributed by atoms with van der Waals surface area (Å²) in [5.74, 6) is -0.598. The Bertz CT molecular complexity index is 419. The Balaban J connectivity index is 2.50. The van der Waals surface area contributed by atoms with Gasteiger partial charge in [0.15, 0.2) is 5.02 Å². The van der Waals surface area contributed by atoms with Crippen LogP contribution >= 0.6 is 11.6 Å². The first-order chi connectivity index (χ1) is 8.04. The van der Waals surface area contributed by atoms with Gasteiger partial charge in [0, 0.05) is 19.5 Å². The van der Waals surface area contributed by atoms with Gasteiger partial charge in [-0.15, -0.1) is 0 Å². The minimum absolute atomic E-state index is 0.0441. The molecule has 0 saturated carbocycles. The third kappa shape index (κ3) is 4.00. The summed E-state index contributed by atoms with van der Waals surface area (Å²) >= 11 is 5.60. The van der Waals surface area contributed by atoms with Crippen molar-refractivity contribution < 1.29 is 9.72 Å². The van der Waals surface area contributed by atoms with Gasteiger partial charge in [0.05, 0.1) is 17.8 Å². The van der Waals surface area contributed by atoms with Crippen LogP contribution < -0.4 is 11.1 Å². The first-order valence-corrected chi connectivity index (χ1v) is 5.26. The maximum atomic E-state index is 11.2. The van der Waals surface area contributed by atoms with Crippen molar-refractivity contribution in [3.63, 3.8) is 0 Å². The molecule has 0 aliphatic heterocycles. The monoisotopic (exact) mass is 261 g/mol. The van der Waals surface area contributed by atoms with E-state index in [9.17, 15) is 14.9 Å². The zero-order valence-corrected chi connectivity index (χ0v) is 9.68. The van der Waals surface area contributed by atoms with E-state index in [0.29, 0.717) is 13.1 Å². The lowest BCUT2D eigenvalue weighted by Crippen LogP contribution is -2.29. The highest BCUT2D eigenvalue weighted by atomic mass is 35.5. The van der Waals surface area contributed by atoms with E-state index in [4.69, 9.17) is 17.3 Å². The van der Waals surface area contributed by atoms with Crippen molar-refractivity contribution in [1.29, 1.82) is 0 Å². The number of aromatic nitrogens is 2. The van der Waals surface area contributed by atoms with Gasteiger partial charge in [-0.3, -0.25) is 4.79 Å². The summed E-state index contributed by atoms with van der Waals surface area (Å²) in [4.78, 5) is 21.0. The van der Waals surface area contributed by atoms with Crippen LogP contribution in [0.1, 0.15) is 6.42 Å². The molecule has 17 heavy (non-hydrogen) atoms. The van der Waals surface area contributed by atoms with Crippen LogP contribution in [0.4, 0.5) is 5.82 Å². The molecule has 3 N–H and O–H groups in total. The number of carbonyl (C=O) groups excluding carboxylic acids is 1. The number of nitro groups is 1. The van der Waals surface area contributed by atoms with Crippen LogP contribution in [0.5, 0.6) is 0 Å². The van der Waals surface area contributed by atoms with Gasteiger partial charge in [-0.25, -0.2) is 0 Å². The summed E-state index contributed by atoms with van der Waals surface area (Å²) in [5.41, 5.74) is 5.22. The molecule has 0 fully saturated rings. The predicted octanol–water partition coefficient (Wildman–Crippen LogP) is -0.0903. The van der Waals surface area contributed by atoms with Crippen molar-refractivity contribution >= 4 is 23.3 Å². The minimum atomic E-state index is -0.673. The number of hydrogen-bond acceptors (Lipinski definition) is 5. The highest BCUT2D eigenvalue weighted by Gasteiger charge is 2.19. The van der Waals surface area contributed by atoms with Gasteiger partial charge in [-0.05, 0) is 4.92 Å². The zero-order valence-electron chi connectivity index (χ0n) is 8.93. The summed E-state index contributed by atoms with van der Waals surface area (Å²) < 4.78 is 1.27. The Kier molecular flexibility index (Phi) is 4.85. The molecule has 0 aliphatic rings. The molecule has 0 aromatic carbocycles. The summed E-state index contributed by atoms with van der Waals surface area (Å²) in [6.45, 7) is 0.994. The fraction of sp³-hybridized carbons (Fsp3) is 0.500. The molecular weight excluding hydrogens is 250 g/mol. The normalized spacial score (nSPS) is 10.2. The zero-order chi connectivity index (χ0) is 12.8. The lowest BCUT2D eigenvalue weighted by molar-refractivity contribution is -0.389. The van der Waals surface area contributed by atoms with E-state index in [1.807, 2.05) is 0 Å². The third-order valence-corrected chi connectivity index (χ3v) is 2.17.